The number of carbonyl (C=O) groups excluding carboxylic acids is 1. The second-order valence-corrected chi connectivity index (χ2v) is 6.94. The number of furan rings is 1. The molecule has 144 valence electrons. The molecule has 1 fully saturated rings. The maximum absolute atomic E-state index is 12.1. The number of para-hydroxylation sites is 1. The minimum atomic E-state index is -0.141. The number of hydrogen-bond acceptors (Lipinski definition) is 4. The van der Waals surface area contributed by atoms with Gasteiger partial charge in [-0.2, -0.15) is 0 Å². The van der Waals surface area contributed by atoms with E-state index in [-0.39, 0.29) is 5.91 Å². The van der Waals surface area contributed by atoms with Crippen molar-refractivity contribution in [3.63, 3.8) is 0 Å². The van der Waals surface area contributed by atoms with E-state index in [2.05, 4.69) is 34.5 Å². The van der Waals surface area contributed by atoms with Crippen molar-refractivity contribution in [1.82, 2.24) is 10.2 Å². The second-order valence-electron chi connectivity index (χ2n) is 6.94. The molecule has 2 aromatic carbocycles. The number of morpholine rings is 1. The van der Waals surface area contributed by atoms with Crippen LogP contribution >= 0.6 is 0 Å². The molecule has 1 saturated heterocycles. The van der Waals surface area contributed by atoms with Crippen LogP contribution in [-0.4, -0.2) is 37.1 Å². The first kappa shape index (κ1) is 18.5. The molecule has 0 bridgehead atoms. The van der Waals surface area contributed by atoms with Crippen LogP contribution in [0, 0.1) is 0 Å². The van der Waals surface area contributed by atoms with Gasteiger partial charge in [-0.15, -0.1) is 0 Å². The van der Waals surface area contributed by atoms with Gasteiger partial charge < -0.3 is 14.5 Å². The first-order chi connectivity index (χ1) is 13.8. The van der Waals surface area contributed by atoms with Crippen molar-refractivity contribution in [1.29, 1.82) is 0 Å². The Balaban J connectivity index is 1.27. The van der Waals surface area contributed by atoms with Gasteiger partial charge in [-0.25, -0.2) is 0 Å². The van der Waals surface area contributed by atoms with Crippen LogP contribution in [0.5, 0.6) is 0 Å². The van der Waals surface area contributed by atoms with Crippen LogP contribution in [0.25, 0.3) is 17.0 Å². The smallest absolute Gasteiger partial charge is 0.244 e. The lowest BCUT2D eigenvalue weighted by Crippen LogP contribution is -2.35. The Morgan fingerprint density at radius 2 is 1.79 bits per heavy atom. The van der Waals surface area contributed by atoms with E-state index in [4.69, 9.17) is 9.15 Å². The van der Waals surface area contributed by atoms with Crippen LogP contribution in [0.3, 0.4) is 0 Å². The molecule has 0 atom stereocenters. The van der Waals surface area contributed by atoms with Crippen molar-refractivity contribution in [3.8, 4) is 0 Å². The Labute approximate surface area is 164 Å². The average Bonchev–Trinajstić information content (AvgIpc) is 3.15. The Morgan fingerprint density at radius 3 is 2.57 bits per heavy atom. The van der Waals surface area contributed by atoms with E-state index >= 15 is 0 Å². The van der Waals surface area contributed by atoms with Gasteiger partial charge in [-0.1, -0.05) is 42.5 Å². The minimum Gasteiger partial charge on any atom is -0.457 e. The van der Waals surface area contributed by atoms with Crippen molar-refractivity contribution < 1.29 is 13.9 Å². The first-order valence-electron chi connectivity index (χ1n) is 9.59. The summed E-state index contributed by atoms with van der Waals surface area (Å²) >= 11 is 0. The first-order valence-corrected chi connectivity index (χ1v) is 9.59. The Morgan fingerprint density at radius 1 is 1.04 bits per heavy atom. The van der Waals surface area contributed by atoms with Crippen molar-refractivity contribution >= 4 is 23.0 Å². The SMILES string of the molecule is O=C(/C=C/c1cc2ccccc2o1)NCc1ccc(CN2CCOCC2)cc1. The van der Waals surface area contributed by atoms with Crippen LogP contribution < -0.4 is 5.32 Å². The molecule has 4 rings (SSSR count). The summed E-state index contributed by atoms with van der Waals surface area (Å²) in [5.41, 5.74) is 3.18. The van der Waals surface area contributed by atoms with Gasteiger partial charge in [-0.3, -0.25) is 9.69 Å². The number of carbonyl (C=O) groups is 1. The number of amides is 1. The molecule has 0 spiro atoms. The number of rotatable bonds is 6. The number of nitrogens with zero attached hydrogens (tertiary/aromatic N) is 1. The molecule has 1 aromatic heterocycles. The summed E-state index contributed by atoms with van der Waals surface area (Å²) in [6.45, 7) is 5.03. The summed E-state index contributed by atoms with van der Waals surface area (Å²) in [6.07, 6.45) is 3.20. The van der Waals surface area contributed by atoms with Crippen LogP contribution in [0.15, 0.2) is 65.1 Å². The van der Waals surface area contributed by atoms with E-state index in [1.54, 1.807) is 6.08 Å². The Kier molecular flexibility index (Phi) is 5.85. The Hall–Kier alpha value is -2.89. The summed E-state index contributed by atoms with van der Waals surface area (Å²) in [5.74, 6) is 0.529. The zero-order valence-electron chi connectivity index (χ0n) is 15.8. The molecule has 3 aromatic rings. The molecule has 2 heterocycles. The fourth-order valence-electron chi connectivity index (χ4n) is 3.27. The predicted molar refractivity (Wildman–Crippen MR) is 110 cm³/mol. The highest BCUT2D eigenvalue weighted by molar-refractivity contribution is 5.92. The number of fused-ring (bicyclic) bond motifs is 1. The topological polar surface area (TPSA) is 54.7 Å². The molecule has 1 aliphatic heterocycles. The zero-order valence-corrected chi connectivity index (χ0v) is 15.8. The quantitative estimate of drug-likeness (QED) is 0.668. The van der Waals surface area contributed by atoms with E-state index in [0.29, 0.717) is 12.3 Å². The summed E-state index contributed by atoms with van der Waals surface area (Å²) in [5, 5.41) is 3.94. The standard InChI is InChI=1S/C23H24N2O3/c26-23(10-9-21-15-20-3-1-2-4-22(20)28-21)24-16-18-5-7-19(8-6-18)17-25-11-13-27-14-12-25/h1-10,15H,11-14,16-17H2,(H,24,26)/b10-9+. The maximum atomic E-state index is 12.1. The van der Waals surface area contributed by atoms with Crippen LogP contribution in [0.2, 0.25) is 0 Å². The van der Waals surface area contributed by atoms with E-state index in [9.17, 15) is 4.79 Å². The molecule has 5 heteroatoms. The number of benzene rings is 2. The highest BCUT2D eigenvalue weighted by Crippen LogP contribution is 2.19. The Bertz CT molecular complexity index is 920. The zero-order chi connectivity index (χ0) is 19.2. The second kappa shape index (κ2) is 8.87. The highest BCUT2D eigenvalue weighted by Gasteiger charge is 2.10. The van der Waals surface area contributed by atoms with Gasteiger partial charge in [0, 0.05) is 37.6 Å². The van der Waals surface area contributed by atoms with Gasteiger partial charge >= 0.3 is 0 Å². The van der Waals surface area contributed by atoms with Crippen molar-refractivity contribution in [3.05, 3.63) is 77.6 Å². The molecular formula is C23H24N2O3. The third kappa shape index (κ3) is 4.88. The predicted octanol–water partition coefficient (Wildman–Crippen LogP) is 3.59. The van der Waals surface area contributed by atoms with Gasteiger partial charge in [0.1, 0.15) is 11.3 Å². The molecule has 0 saturated carbocycles. The lowest BCUT2D eigenvalue weighted by Gasteiger charge is -2.26. The fourth-order valence-corrected chi connectivity index (χ4v) is 3.27. The van der Waals surface area contributed by atoms with Crippen molar-refractivity contribution in [2.45, 2.75) is 13.1 Å². The molecule has 1 N–H and O–H groups in total. The minimum absolute atomic E-state index is 0.141. The van der Waals surface area contributed by atoms with Gasteiger partial charge in [0.05, 0.1) is 13.2 Å². The summed E-state index contributed by atoms with van der Waals surface area (Å²) in [7, 11) is 0. The van der Waals surface area contributed by atoms with E-state index in [1.807, 2.05) is 30.3 Å². The molecule has 5 nitrogen and oxygen atoms in total. The van der Waals surface area contributed by atoms with Crippen LogP contribution in [0.4, 0.5) is 0 Å². The van der Waals surface area contributed by atoms with Gasteiger partial charge in [0.15, 0.2) is 0 Å². The largest absolute Gasteiger partial charge is 0.457 e. The lowest BCUT2D eigenvalue weighted by molar-refractivity contribution is -0.116. The number of hydrogen-bond donors (Lipinski definition) is 1. The molecule has 1 aliphatic rings. The highest BCUT2D eigenvalue weighted by atomic mass is 16.5. The van der Waals surface area contributed by atoms with Crippen molar-refractivity contribution in [2.24, 2.45) is 0 Å². The number of nitrogens with one attached hydrogen (secondary N) is 1. The van der Waals surface area contributed by atoms with E-state index in [1.165, 1.54) is 11.6 Å². The molecule has 1 amide bonds. The molecule has 28 heavy (non-hydrogen) atoms. The maximum Gasteiger partial charge on any atom is 0.244 e. The molecule has 0 radical (unpaired) electrons. The fraction of sp³-hybridized carbons (Fsp3) is 0.261. The normalized spacial score (nSPS) is 15.3. The van der Waals surface area contributed by atoms with Crippen LogP contribution in [0.1, 0.15) is 16.9 Å². The monoisotopic (exact) mass is 376 g/mol. The molecular weight excluding hydrogens is 352 g/mol. The molecule has 0 unspecified atom stereocenters. The lowest BCUT2D eigenvalue weighted by atomic mass is 10.1. The van der Waals surface area contributed by atoms with E-state index in [0.717, 1.165) is 49.4 Å². The van der Waals surface area contributed by atoms with Gasteiger partial charge in [0.2, 0.25) is 5.91 Å². The number of ether oxygens (including phenoxy) is 1. The summed E-state index contributed by atoms with van der Waals surface area (Å²) < 4.78 is 11.1. The third-order valence-corrected chi connectivity index (χ3v) is 4.84. The summed E-state index contributed by atoms with van der Waals surface area (Å²) in [6, 6.07) is 18.1. The van der Waals surface area contributed by atoms with Crippen molar-refractivity contribution in [2.75, 3.05) is 26.3 Å². The van der Waals surface area contributed by atoms with Crippen LogP contribution in [-0.2, 0) is 22.6 Å². The summed E-state index contributed by atoms with van der Waals surface area (Å²) in [4.78, 5) is 14.5. The van der Waals surface area contributed by atoms with E-state index < -0.39 is 0 Å². The van der Waals surface area contributed by atoms with Gasteiger partial charge in [0.25, 0.3) is 0 Å². The average molecular weight is 376 g/mol. The third-order valence-electron chi connectivity index (χ3n) is 4.84. The molecule has 0 aliphatic carbocycles. The van der Waals surface area contributed by atoms with Gasteiger partial charge in [-0.05, 0) is 29.3 Å².